The molecule has 0 saturated heterocycles. The molecule has 1 saturated carbocycles. The van der Waals surface area contributed by atoms with Gasteiger partial charge in [0.2, 0.25) is 0 Å². The van der Waals surface area contributed by atoms with E-state index in [2.05, 4.69) is 44.6 Å². The van der Waals surface area contributed by atoms with E-state index in [4.69, 9.17) is 28.0 Å². The standard InChI is InChI=1S/C25H25ClN2O2/c1-6-15-7-10-19-17(11-15)14-28(21(19)29)22-24(2,3)23(25(22,4)5)30-18-9-8-16(13-27)20(26)12-18/h1,7-12,21-23,29H,14H2,2-5H3/t21?,22-,23-. The van der Waals surface area contributed by atoms with E-state index < -0.39 is 6.23 Å². The summed E-state index contributed by atoms with van der Waals surface area (Å²) in [4.78, 5) is 2.15. The van der Waals surface area contributed by atoms with Crippen molar-refractivity contribution in [1.29, 1.82) is 5.26 Å². The zero-order valence-corrected chi connectivity index (χ0v) is 18.4. The molecule has 0 spiro atoms. The largest absolute Gasteiger partial charge is 0.489 e. The summed E-state index contributed by atoms with van der Waals surface area (Å²) >= 11 is 6.19. The third-order valence-electron chi connectivity index (χ3n) is 6.66. The fourth-order valence-corrected chi connectivity index (χ4v) is 6.05. The first-order chi connectivity index (χ1) is 14.1. The van der Waals surface area contributed by atoms with Crippen LogP contribution < -0.4 is 4.74 Å². The number of terminal acetylenes is 1. The number of hydrogen-bond donors (Lipinski definition) is 1. The van der Waals surface area contributed by atoms with Crippen molar-refractivity contribution >= 4 is 11.6 Å². The van der Waals surface area contributed by atoms with Gasteiger partial charge in [0.05, 0.1) is 10.6 Å². The summed E-state index contributed by atoms with van der Waals surface area (Å²) in [5, 5.41) is 20.5. The highest BCUT2D eigenvalue weighted by Gasteiger charge is 2.66. The first kappa shape index (κ1) is 20.8. The molecule has 1 atom stereocenters. The Kier molecular flexibility index (Phi) is 4.87. The van der Waals surface area contributed by atoms with Crippen LogP contribution in [0.3, 0.4) is 0 Å². The van der Waals surface area contributed by atoms with Crippen LogP contribution in [0.4, 0.5) is 0 Å². The second-order valence-corrected chi connectivity index (χ2v) is 9.81. The smallest absolute Gasteiger partial charge is 0.134 e. The van der Waals surface area contributed by atoms with Crippen molar-refractivity contribution in [3.8, 4) is 24.2 Å². The molecule has 4 nitrogen and oxygen atoms in total. The molecule has 0 amide bonds. The summed E-state index contributed by atoms with van der Waals surface area (Å²) < 4.78 is 6.37. The van der Waals surface area contributed by atoms with Crippen molar-refractivity contribution in [3.63, 3.8) is 0 Å². The number of fused-ring (bicyclic) bond motifs is 1. The van der Waals surface area contributed by atoms with Gasteiger partial charge in [-0.1, -0.05) is 51.3 Å². The second kappa shape index (κ2) is 7.03. The molecule has 2 aromatic carbocycles. The average Bonchev–Trinajstić information content (AvgIpc) is 3.00. The van der Waals surface area contributed by atoms with Gasteiger partial charge in [0, 0.05) is 35.0 Å². The molecule has 4 rings (SSSR count). The zero-order valence-electron chi connectivity index (χ0n) is 17.6. The minimum absolute atomic E-state index is 0.0869. The number of aliphatic hydroxyl groups excluding tert-OH is 1. The third kappa shape index (κ3) is 2.99. The molecule has 154 valence electrons. The molecule has 1 N–H and O–H groups in total. The Morgan fingerprint density at radius 2 is 1.87 bits per heavy atom. The van der Waals surface area contributed by atoms with Gasteiger partial charge in [0.15, 0.2) is 0 Å². The van der Waals surface area contributed by atoms with Crippen molar-refractivity contribution in [2.75, 3.05) is 0 Å². The van der Waals surface area contributed by atoms with Gasteiger partial charge in [-0.15, -0.1) is 6.42 Å². The van der Waals surface area contributed by atoms with Crippen LogP contribution in [-0.4, -0.2) is 22.2 Å². The normalized spacial score (nSPS) is 26.2. The maximum absolute atomic E-state index is 11.1. The summed E-state index contributed by atoms with van der Waals surface area (Å²) in [5.74, 6) is 3.32. The molecule has 0 aromatic heterocycles. The van der Waals surface area contributed by atoms with Crippen molar-refractivity contribution in [2.45, 2.75) is 52.6 Å². The molecule has 2 aliphatic rings. The van der Waals surface area contributed by atoms with Gasteiger partial charge in [0.1, 0.15) is 24.2 Å². The second-order valence-electron chi connectivity index (χ2n) is 9.40. The monoisotopic (exact) mass is 420 g/mol. The number of nitriles is 1. The highest BCUT2D eigenvalue weighted by Crippen LogP contribution is 2.60. The van der Waals surface area contributed by atoms with Gasteiger partial charge >= 0.3 is 0 Å². The van der Waals surface area contributed by atoms with E-state index in [-0.39, 0.29) is 23.0 Å². The Morgan fingerprint density at radius 3 is 2.47 bits per heavy atom. The lowest BCUT2D eigenvalue weighted by Gasteiger charge is -2.66. The maximum Gasteiger partial charge on any atom is 0.134 e. The molecule has 1 unspecified atom stereocenters. The number of ether oxygens (including phenoxy) is 1. The summed E-state index contributed by atoms with van der Waals surface area (Å²) in [6.07, 6.45) is 4.79. The zero-order chi connectivity index (χ0) is 21.8. The van der Waals surface area contributed by atoms with Crippen molar-refractivity contribution in [3.05, 3.63) is 63.7 Å². The molecule has 1 fully saturated rings. The molecular formula is C25H25ClN2O2. The number of hydrogen-bond acceptors (Lipinski definition) is 4. The Hall–Kier alpha value is -2.50. The van der Waals surface area contributed by atoms with E-state index in [9.17, 15) is 5.11 Å². The molecule has 30 heavy (non-hydrogen) atoms. The van der Waals surface area contributed by atoms with Crippen LogP contribution in [0.5, 0.6) is 5.75 Å². The van der Waals surface area contributed by atoms with E-state index in [1.54, 1.807) is 18.2 Å². The summed E-state index contributed by atoms with van der Waals surface area (Å²) in [6.45, 7) is 9.32. The molecular weight excluding hydrogens is 396 g/mol. The van der Waals surface area contributed by atoms with Gasteiger partial charge in [0.25, 0.3) is 0 Å². The lowest BCUT2D eigenvalue weighted by Crippen LogP contribution is -2.74. The lowest BCUT2D eigenvalue weighted by atomic mass is 9.49. The van der Waals surface area contributed by atoms with E-state index in [1.165, 1.54) is 0 Å². The van der Waals surface area contributed by atoms with Crippen molar-refractivity contribution in [2.24, 2.45) is 10.8 Å². The van der Waals surface area contributed by atoms with Crippen LogP contribution in [0.25, 0.3) is 0 Å². The Balaban J connectivity index is 1.59. The number of rotatable bonds is 3. The Bertz CT molecular complexity index is 1080. The number of nitrogens with zero attached hydrogens (tertiary/aromatic N) is 2. The van der Waals surface area contributed by atoms with Crippen molar-refractivity contribution < 1.29 is 9.84 Å². The molecule has 0 bridgehead atoms. The first-order valence-corrected chi connectivity index (χ1v) is 10.4. The molecule has 2 aromatic rings. The molecule has 1 heterocycles. The van der Waals surface area contributed by atoms with E-state index in [1.807, 2.05) is 18.2 Å². The minimum atomic E-state index is -0.666. The summed E-state index contributed by atoms with van der Waals surface area (Å²) in [5.41, 5.74) is 2.81. The number of halogens is 1. The van der Waals surface area contributed by atoms with E-state index >= 15 is 0 Å². The van der Waals surface area contributed by atoms with E-state index in [0.717, 1.165) is 16.7 Å². The summed E-state index contributed by atoms with van der Waals surface area (Å²) in [7, 11) is 0. The van der Waals surface area contributed by atoms with E-state index in [0.29, 0.717) is 22.9 Å². The van der Waals surface area contributed by atoms with Crippen LogP contribution in [0.15, 0.2) is 36.4 Å². The first-order valence-electron chi connectivity index (χ1n) is 10.0. The van der Waals surface area contributed by atoms with Gasteiger partial charge in [-0.3, -0.25) is 4.90 Å². The van der Waals surface area contributed by atoms with Crippen molar-refractivity contribution in [1.82, 2.24) is 4.90 Å². The fourth-order valence-electron chi connectivity index (χ4n) is 5.84. The average molecular weight is 421 g/mol. The molecule has 1 aliphatic heterocycles. The predicted molar refractivity (Wildman–Crippen MR) is 117 cm³/mol. The van der Waals surface area contributed by atoms with Gasteiger partial charge < -0.3 is 9.84 Å². The lowest BCUT2D eigenvalue weighted by molar-refractivity contribution is -0.235. The fraction of sp³-hybridized carbons (Fsp3) is 0.400. The number of benzene rings is 2. The minimum Gasteiger partial charge on any atom is -0.489 e. The van der Waals surface area contributed by atoms with Gasteiger partial charge in [-0.2, -0.15) is 5.26 Å². The van der Waals surface area contributed by atoms with Gasteiger partial charge in [-0.25, -0.2) is 0 Å². The van der Waals surface area contributed by atoms with Crippen LogP contribution in [0.1, 0.15) is 56.2 Å². The number of aliphatic hydroxyl groups is 1. The SMILES string of the molecule is C#Cc1ccc2c(c1)CN([C@H]1C(C)(C)[C@H](Oc3ccc(C#N)c(Cl)c3)C1(C)C)C2O. The Labute approximate surface area is 183 Å². The molecule has 5 heteroatoms. The predicted octanol–water partition coefficient (Wildman–Crippen LogP) is 4.88. The topological polar surface area (TPSA) is 56.5 Å². The van der Waals surface area contributed by atoms with Gasteiger partial charge in [-0.05, 0) is 35.4 Å². The highest BCUT2D eigenvalue weighted by molar-refractivity contribution is 6.31. The van der Waals surface area contributed by atoms with Crippen LogP contribution >= 0.6 is 11.6 Å². The van der Waals surface area contributed by atoms with Crippen LogP contribution in [0, 0.1) is 34.5 Å². The quantitative estimate of drug-likeness (QED) is 0.719. The summed E-state index contributed by atoms with van der Waals surface area (Å²) in [6, 6.07) is 13.1. The Morgan fingerprint density at radius 1 is 1.17 bits per heavy atom. The van der Waals surface area contributed by atoms with Crippen LogP contribution in [0.2, 0.25) is 5.02 Å². The molecule has 0 radical (unpaired) electrons. The van der Waals surface area contributed by atoms with Crippen LogP contribution in [-0.2, 0) is 6.54 Å². The molecule has 1 aliphatic carbocycles. The maximum atomic E-state index is 11.1. The highest BCUT2D eigenvalue weighted by atomic mass is 35.5. The third-order valence-corrected chi connectivity index (χ3v) is 6.98.